The highest BCUT2D eigenvalue weighted by Gasteiger charge is 2.17. The summed E-state index contributed by atoms with van der Waals surface area (Å²) in [5, 5.41) is 4.36. The minimum absolute atomic E-state index is 0.0971. The van der Waals surface area contributed by atoms with Crippen LogP contribution in [-0.4, -0.2) is 35.2 Å². The first-order chi connectivity index (χ1) is 13.0. The Labute approximate surface area is 164 Å². The van der Waals surface area contributed by atoms with E-state index in [-0.39, 0.29) is 17.1 Å². The minimum Gasteiger partial charge on any atom is -0.279 e. The van der Waals surface area contributed by atoms with Crippen molar-refractivity contribution in [3.05, 3.63) is 46.1 Å². The Morgan fingerprint density at radius 1 is 1.15 bits per heavy atom. The molecule has 0 radical (unpaired) electrons. The van der Waals surface area contributed by atoms with Crippen LogP contribution in [0.5, 0.6) is 0 Å². The van der Waals surface area contributed by atoms with Crippen molar-refractivity contribution >= 4 is 21.6 Å². The van der Waals surface area contributed by atoms with Crippen LogP contribution in [0, 0.1) is 0 Å². The summed E-state index contributed by atoms with van der Waals surface area (Å²) in [5.74, 6) is 1.42. The number of nitrogens with one attached hydrogen (secondary N) is 1. The first kappa shape index (κ1) is 20.1. The van der Waals surface area contributed by atoms with Crippen LogP contribution in [-0.2, 0) is 36.0 Å². The van der Waals surface area contributed by atoms with Gasteiger partial charge in [0.15, 0.2) is 0 Å². The van der Waals surface area contributed by atoms with Gasteiger partial charge in [-0.3, -0.25) is 4.57 Å². The minimum atomic E-state index is -3.55. The predicted molar refractivity (Wildman–Crippen MR) is 105 cm³/mol. The maximum atomic E-state index is 12.4. The van der Waals surface area contributed by atoms with Gasteiger partial charge >= 0.3 is 5.69 Å². The molecule has 0 bridgehead atoms. The van der Waals surface area contributed by atoms with Crippen LogP contribution < -0.4 is 10.4 Å². The van der Waals surface area contributed by atoms with Crippen molar-refractivity contribution in [2.45, 2.75) is 56.5 Å². The summed E-state index contributed by atoms with van der Waals surface area (Å²) in [6.45, 7) is 1.38. The van der Waals surface area contributed by atoms with Crippen LogP contribution in [0.25, 0.3) is 0 Å². The van der Waals surface area contributed by atoms with Gasteiger partial charge < -0.3 is 0 Å². The fraction of sp³-hybridized carbons (Fsp3) is 0.556. The Morgan fingerprint density at radius 2 is 1.93 bits per heavy atom. The highest BCUT2D eigenvalue weighted by Crippen LogP contribution is 2.12. The molecule has 9 heteroatoms. The largest absolute Gasteiger partial charge is 0.345 e. The van der Waals surface area contributed by atoms with E-state index in [1.54, 1.807) is 16.7 Å². The van der Waals surface area contributed by atoms with Crippen LogP contribution in [0.2, 0.25) is 0 Å². The van der Waals surface area contributed by atoms with Gasteiger partial charge in [0.05, 0.1) is 4.90 Å². The quantitative estimate of drug-likeness (QED) is 0.503. The number of aromatic nitrogens is 3. The number of hydrogen-bond acceptors (Lipinski definition) is 4. The monoisotopic (exact) mass is 412 g/mol. The number of aryl methyl sites for hydroxylation is 3. The molecule has 148 valence electrons. The highest BCUT2D eigenvalue weighted by atomic mass is 35.5. The fourth-order valence-electron chi connectivity index (χ4n) is 3.22. The second-order valence-electron chi connectivity index (χ2n) is 6.72. The highest BCUT2D eigenvalue weighted by molar-refractivity contribution is 7.89. The maximum absolute atomic E-state index is 12.4. The summed E-state index contributed by atoms with van der Waals surface area (Å²) < 4.78 is 30.5. The third kappa shape index (κ3) is 5.00. The Hall–Kier alpha value is -1.64. The Balaban J connectivity index is 1.52. The molecule has 7 nitrogen and oxygen atoms in total. The molecule has 2 heterocycles. The lowest BCUT2D eigenvalue weighted by molar-refractivity contribution is 0.508. The van der Waals surface area contributed by atoms with E-state index < -0.39 is 10.0 Å². The zero-order chi connectivity index (χ0) is 19.3. The van der Waals surface area contributed by atoms with Gasteiger partial charge in [0, 0.05) is 31.9 Å². The standard InChI is InChI=1S/C18H25ClN4O3S/c19-11-3-5-15-7-9-16(10-8-15)27(25,26)20-12-4-14-23-18(24)22-13-2-1-6-17(22)21-23/h7-10,20H,1-6,11-14H2. The first-order valence-corrected chi connectivity index (χ1v) is 11.3. The summed E-state index contributed by atoms with van der Waals surface area (Å²) in [6.07, 6.45) is 5.09. The lowest BCUT2D eigenvalue weighted by Crippen LogP contribution is -2.29. The zero-order valence-electron chi connectivity index (χ0n) is 15.2. The van der Waals surface area contributed by atoms with Crippen molar-refractivity contribution in [1.82, 2.24) is 19.1 Å². The number of fused-ring (bicyclic) bond motifs is 1. The molecule has 0 saturated heterocycles. The van der Waals surface area contributed by atoms with Crippen molar-refractivity contribution in [3.8, 4) is 0 Å². The van der Waals surface area contributed by atoms with Gasteiger partial charge in [0.1, 0.15) is 5.82 Å². The molecule has 27 heavy (non-hydrogen) atoms. The van der Waals surface area contributed by atoms with Gasteiger partial charge in [-0.25, -0.2) is 22.6 Å². The van der Waals surface area contributed by atoms with E-state index in [4.69, 9.17) is 11.6 Å². The van der Waals surface area contributed by atoms with Crippen molar-refractivity contribution in [2.24, 2.45) is 0 Å². The Morgan fingerprint density at radius 3 is 2.63 bits per heavy atom. The van der Waals surface area contributed by atoms with E-state index in [2.05, 4.69) is 9.82 Å². The van der Waals surface area contributed by atoms with Crippen molar-refractivity contribution < 1.29 is 8.42 Å². The first-order valence-electron chi connectivity index (χ1n) is 9.32. The van der Waals surface area contributed by atoms with Gasteiger partial charge in [-0.05, 0) is 49.8 Å². The molecule has 0 unspecified atom stereocenters. The molecule has 2 aromatic rings. The van der Waals surface area contributed by atoms with Gasteiger partial charge in [-0.15, -0.1) is 11.6 Å². The Kier molecular flexibility index (Phi) is 6.73. The molecule has 0 spiro atoms. The van der Waals surface area contributed by atoms with Gasteiger partial charge in [0.2, 0.25) is 10.0 Å². The molecule has 1 aliphatic rings. The Bertz CT molecular complexity index is 919. The molecule has 1 N–H and O–H groups in total. The number of halogens is 1. The number of benzene rings is 1. The van der Waals surface area contributed by atoms with Crippen LogP contribution in [0.3, 0.4) is 0 Å². The lowest BCUT2D eigenvalue weighted by Gasteiger charge is -2.09. The fourth-order valence-corrected chi connectivity index (χ4v) is 4.43. The van der Waals surface area contributed by atoms with Crippen LogP contribution in [0.1, 0.15) is 37.1 Å². The molecule has 0 fully saturated rings. The van der Waals surface area contributed by atoms with Crippen LogP contribution in [0.4, 0.5) is 0 Å². The third-order valence-electron chi connectivity index (χ3n) is 4.70. The number of sulfonamides is 1. The van der Waals surface area contributed by atoms with E-state index in [1.807, 2.05) is 12.1 Å². The third-order valence-corrected chi connectivity index (χ3v) is 6.45. The number of hydrogen-bond donors (Lipinski definition) is 1. The SMILES string of the molecule is O=c1n(CCCNS(=O)(=O)c2ccc(CCCCl)cc2)nc2n1CCCC2. The van der Waals surface area contributed by atoms with Gasteiger partial charge in [-0.2, -0.15) is 5.10 Å². The summed E-state index contributed by atoms with van der Waals surface area (Å²) in [5.41, 5.74) is 0.970. The predicted octanol–water partition coefficient (Wildman–Crippen LogP) is 1.92. The van der Waals surface area contributed by atoms with E-state index in [0.717, 1.165) is 50.0 Å². The summed E-state index contributed by atoms with van der Waals surface area (Å²) in [7, 11) is -3.55. The van der Waals surface area contributed by atoms with E-state index in [1.165, 1.54) is 4.68 Å². The lowest BCUT2D eigenvalue weighted by atomic mass is 10.1. The van der Waals surface area contributed by atoms with Crippen molar-refractivity contribution in [2.75, 3.05) is 12.4 Å². The molecule has 3 rings (SSSR count). The van der Waals surface area contributed by atoms with Gasteiger partial charge in [0.25, 0.3) is 0 Å². The molecular weight excluding hydrogens is 388 g/mol. The molecular formula is C18H25ClN4O3S. The molecule has 0 atom stereocenters. The number of alkyl halides is 1. The van der Waals surface area contributed by atoms with E-state index in [0.29, 0.717) is 18.8 Å². The molecule has 1 aromatic carbocycles. The van der Waals surface area contributed by atoms with Crippen LogP contribution >= 0.6 is 11.6 Å². The van der Waals surface area contributed by atoms with E-state index >= 15 is 0 Å². The van der Waals surface area contributed by atoms with Gasteiger partial charge in [-0.1, -0.05) is 12.1 Å². The average Bonchev–Trinajstić information content (AvgIpc) is 3.00. The van der Waals surface area contributed by atoms with Crippen molar-refractivity contribution in [1.29, 1.82) is 0 Å². The van der Waals surface area contributed by atoms with E-state index in [9.17, 15) is 13.2 Å². The molecule has 1 aromatic heterocycles. The molecule has 0 saturated carbocycles. The molecule has 0 amide bonds. The second-order valence-corrected chi connectivity index (χ2v) is 8.86. The second kappa shape index (κ2) is 9.03. The average molecular weight is 413 g/mol. The summed E-state index contributed by atoms with van der Waals surface area (Å²) >= 11 is 5.68. The van der Waals surface area contributed by atoms with Crippen LogP contribution in [0.15, 0.2) is 34.0 Å². The normalized spacial score (nSPS) is 14.3. The summed E-state index contributed by atoms with van der Waals surface area (Å²) in [4.78, 5) is 12.5. The molecule has 1 aliphatic heterocycles. The zero-order valence-corrected chi connectivity index (χ0v) is 16.8. The number of rotatable bonds is 9. The molecule has 0 aliphatic carbocycles. The smallest absolute Gasteiger partial charge is 0.279 e. The maximum Gasteiger partial charge on any atom is 0.345 e. The topological polar surface area (TPSA) is 86.0 Å². The van der Waals surface area contributed by atoms with Crippen molar-refractivity contribution in [3.63, 3.8) is 0 Å². The number of nitrogens with zero attached hydrogens (tertiary/aromatic N) is 3. The summed E-state index contributed by atoms with van der Waals surface area (Å²) in [6, 6.07) is 6.85.